The molecule has 0 radical (unpaired) electrons. The molecule has 1 N–H and O–H groups in total. The topological polar surface area (TPSA) is 20.2 Å². The zero-order valence-electron chi connectivity index (χ0n) is 11.4. The van der Waals surface area contributed by atoms with Gasteiger partial charge in [-0.1, -0.05) is 44.0 Å². The highest BCUT2D eigenvalue weighted by Crippen LogP contribution is 2.39. The molecule has 0 aromatic heterocycles. The van der Waals surface area contributed by atoms with Gasteiger partial charge in [-0.05, 0) is 48.6 Å². The Morgan fingerprint density at radius 3 is 2.22 bits per heavy atom. The van der Waals surface area contributed by atoms with Crippen LogP contribution in [0.5, 0.6) is 0 Å². The van der Waals surface area contributed by atoms with E-state index in [-0.39, 0.29) is 5.60 Å². The van der Waals surface area contributed by atoms with Crippen molar-refractivity contribution >= 4 is 0 Å². The normalized spacial score (nSPS) is 30.1. The van der Waals surface area contributed by atoms with Crippen LogP contribution >= 0.6 is 0 Å². The van der Waals surface area contributed by atoms with Crippen LogP contribution in [0.2, 0.25) is 0 Å². The first kappa shape index (κ1) is 12.2. The largest absolute Gasteiger partial charge is 0.390 e. The minimum atomic E-state index is -0.359. The summed E-state index contributed by atoms with van der Waals surface area (Å²) in [6.07, 6.45) is 8.27. The van der Waals surface area contributed by atoms with E-state index in [0.29, 0.717) is 0 Å². The number of rotatable bonds is 3. The Labute approximate surface area is 110 Å². The Balaban J connectivity index is 1.63. The average Bonchev–Trinajstić information content (AvgIpc) is 3.09. The van der Waals surface area contributed by atoms with E-state index < -0.39 is 0 Å². The molecular formula is C17H24O. The lowest BCUT2D eigenvalue weighted by atomic mass is 9.79. The van der Waals surface area contributed by atoms with Crippen LogP contribution in [0.25, 0.3) is 0 Å². The molecule has 18 heavy (non-hydrogen) atoms. The molecule has 1 aromatic rings. The Morgan fingerprint density at radius 1 is 1.06 bits per heavy atom. The van der Waals surface area contributed by atoms with Crippen LogP contribution in [0.15, 0.2) is 24.3 Å². The third-order valence-electron chi connectivity index (χ3n) is 4.83. The van der Waals surface area contributed by atoms with Crippen molar-refractivity contribution in [2.75, 3.05) is 0 Å². The summed E-state index contributed by atoms with van der Waals surface area (Å²) in [5.74, 6) is 1.70. The number of hydrogen-bond acceptors (Lipinski definition) is 1. The van der Waals surface area contributed by atoms with Gasteiger partial charge in [0.05, 0.1) is 5.60 Å². The SMILES string of the molecule is CC1CCC(c2ccc(CC3(O)CC3)cc2)CC1. The molecule has 98 valence electrons. The molecule has 2 saturated carbocycles. The minimum Gasteiger partial charge on any atom is -0.390 e. The van der Waals surface area contributed by atoms with E-state index in [9.17, 15) is 5.11 Å². The molecule has 0 heterocycles. The molecule has 0 spiro atoms. The second-order valence-corrected chi connectivity index (χ2v) is 6.60. The molecule has 0 amide bonds. The summed E-state index contributed by atoms with van der Waals surface area (Å²) in [4.78, 5) is 0. The lowest BCUT2D eigenvalue weighted by Crippen LogP contribution is -2.12. The van der Waals surface area contributed by atoms with Crippen LogP contribution in [0, 0.1) is 5.92 Å². The van der Waals surface area contributed by atoms with Crippen molar-refractivity contribution in [3.8, 4) is 0 Å². The first-order valence-electron chi connectivity index (χ1n) is 7.46. The van der Waals surface area contributed by atoms with Crippen molar-refractivity contribution in [2.24, 2.45) is 5.92 Å². The highest BCUT2D eigenvalue weighted by atomic mass is 16.3. The molecule has 0 atom stereocenters. The lowest BCUT2D eigenvalue weighted by Gasteiger charge is -2.26. The Hall–Kier alpha value is -0.820. The van der Waals surface area contributed by atoms with Gasteiger partial charge in [0, 0.05) is 6.42 Å². The standard InChI is InChI=1S/C17H24O/c1-13-2-6-15(7-3-13)16-8-4-14(5-9-16)12-17(18)10-11-17/h4-5,8-9,13,15,18H,2-3,6-7,10-12H2,1H3. The fourth-order valence-corrected chi connectivity index (χ4v) is 3.20. The van der Waals surface area contributed by atoms with Crippen molar-refractivity contribution < 1.29 is 5.11 Å². The van der Waals surface area contributed by atoms with E-state index in [1.54, 1.807) is 0 Å². The van der Waals surface area contributed by atoms with Crippen molar-refractivity contribution in [3.63, 3.8) is 0 Å². The van der Waals surface area contributed by atoms with Crippen LogP contribution in [0.1, 0.15) is 62.5 Å². The maximum atomic E-state index is 9.93. The molecule has 3 rings (SSSR count). The molecule has 0 saturated heterocycles. The zero-order valence-corrected chi connectivity index (χ0v) is 11.4. The smallest absolute Gasteiger partial charge is 0.0690 e. The van der Waals surface area contributed by atoms with Gasteiger partial charge in [0.15, 0.2) is 0 Å². The third kappa shape index (κ3) is 2.77. The number of hydrogen-bond donors (Lipinski definition) is 1. The predicted molar refractivity (Wildman–Crippen MR) is 74.7 cm³/mol. The predicted octanol–water partition coefficient (Wildman–Crippen LogP) is 4.05. The highest BCUT2D eigenvalue weighted by molar-refractivity contribution is 5.27. The van der Waals surface area contributed by atoms with E-state index >= 15 is 0 Å². The van der Waals surface area contributed by atoms with Gasteiger partial charge >= 0.3 is 0 Å². The Kier molecular flexibility index (Phi) is 3.19. The summed E-state index contributed by atoms with van der Waals surface area (Å²) in [6.45, 7) is 2.37. The van der Waals surface area contributed by atoms with Crippen LogP contribution in [0.3, 0.4) is 0 Å². The van der Waals surface area contributed by atoms with Gasteiger partial charge < -0.3 is 5.11 Å². The summed E-state index contributed by atoms with van der Waals surface area (Å²) in [6, 6.07) is 9.04. The molecule has 1 aromatic carbocycles. The first-order chi connectivity index (χ1) is 8.65. The second kappa shape index (κ2) is 4.70. The summed E-state index contributed by atoms with van der Waals surface area (Å²) in [5.41, 5.74) is 2.44. The fraction of sp³-hybridized carbons (Fsp3) is 0.647. The van der Waals surface area contributed by atoms with Crippen LogP contribution in [0.4, 0.5) is 0 Å². The lowest BCUT2D eigenvalue weighted by molar-refractivity contribution is 0.151. The molecule has 2 fully saturated rings. The molecule has 1 heteroatoms. The number of benzene rings is 1. The Bertz CT molecular complexity index is 394. The van der Waals surface area contributed by atoms with Crippen molar-refractivity contribution in [3.05, 3.63) is 35.4 Å². The summed E-state index contributed by atoms with van der Waals surface area (Å²) >= 11 is 0. The first-order valence-corrected chi connectivity index (χ1v) is 7.46. The van der Waals surface area contributed by atoms with Crippen molar-refractivity contribution in [2.45, 2.75) is 63.4 Å². The zero-order chi connectivity index (χ0) is 12.6. The van der Waals surface area contributed by atoms with Gasteiger partial charge in [0.2, 0.25) is 0 Å². The van der Waals surface area contributed by atoms with Gasteiger partial charge in [-0.15, -0.1) is 0 Å². The molecular weight excluding hydrogens is 220 g/mol. The molecule has 1 nitrogen and oxygen atoms in total. The monoisotopic (exact) mass is 244 g/mol. The Morgan fingerprint density at radius 2 is 1.67 bits per heavy atom. The van der Waals surface area contributed by atoms with Gasteiger partial charge in [0.25, 0.3) is 0 Å². The maximum absolute atomic E-state index is 9.93. The van der Waals surface area contributed by atoms with Gasteiger partial charge in [-0.3, -0.25) is 0 Å². The van der Waals surface area contributed by atoms with Crippen molar-refractivity contribution in [1.82, 2.24) is 0 Å². The number of aliphatic hydroxyl groups is 1. The molecule has 0 unspecified atom stereocenters. The van der Waals surface area contributed by atoms with E-state index in [2.05, 4.69) is 31.2 Å². The van der Waals surface area contributed by atoms with E-state index in [1.807, 2.05) is 0 Å². The average molecular weight is 244 g/mol. The van der Waals surface area contributed by atoms with Gasteiger partial charge in [-0.2, -0.15) is 0 Å². The summed E-state index contributed by atoms with van der Waals surface area (Å²) < 4.78 is 0. The molecule has 0 bridgehead atoms. The molecule has 2 aliphatic rings. The van der Waals surface area contributed by atoms with E-state index in [4.69, 9.17) is 0 Å². The quantitative estimate of drug-likeness (QED) is 0.850. The summed E-state index contributed by atoms with van der Waals surface area (Å²) in [7, 11) is 0. The van der Waals surface area contributed by atoms with Gasteiger partial charge in [-0.25, -0.2) is 0 Å². The van der Waals surface area contributed by atoms with E-state index in [1.165, 1.54) is 36.8 Å². The van der Waals surface area contributed by atoms with Crippen LogP contribution < -0.4 is 0 Å². The van der Waals surface area contributed by atoms with Gasteiger partial charge in [0.1, 0.15) is 0 Å². The van der Waals surface area contributed by atoms with Crippen LogP contribution in [-0.2, 0) is 6.42 Å². The van der Waals surface area contributed by atoms with E-state index in [0.717, 1.165) is 31.1 Å². The van der Waals surface area contributed by atoms with Crippen molar-refractivity contribution in [1.29, 1.82) is 0 Å². The fourth-order valence-electron chi connectivity index (χ4n) is 3.20. The molecule has 2 aliphatic carbocycles. The summed E-state index contributed by atoms with van der Waals surface area (Å²) in [5, 5.41) is 9.93. The minimum absolute atomic E-state index is 0.359. The maximum Gasteiger partial charge on any atom is 0.0690 e. The second-order valence-electron chi connectivity index (χ2n) is 6.60. The third-order valence-corrected chi connectivity index (χ3v) is 4.83. The highest BCUT2D eigenvalue weighted by Gasteiger charge is 2.40. The van der Waals surface area contributed by atoms with Crippen LogP contribution in [-0.4, -0.2) is 10.7 Å². The molecule has 0 aliphatic heterocycles.